The van der Waals surface area contributed by atoms with E-state index in [0.717, 1.165) is 6.42 Å². The Balaban J connectivity index is 1.60. The van der Waals surface area contributed by atoms with E-state index in [0.29, 0.717) is 22.5 Å². The number of aliphatic carboxylic acids is 1. The molecule has 5 heteroatoms. The third-order valence-electron chi connectivity index (χ3n) is 5.35. The first-order valence-electron chi connectivity index (χ1n) is 7.54. The van der Waals surface area contributed by atoms with Gasteiger partial charge in [0.15, 0.2) is 0 Å². The van der Waals surface area contributed by atoms with E-state index >= 15 is 0 Å². The maximum Gasteiger partial charge on any atom is 0.307 e. The second kappa shape index (κ2) is 4.85. The zero-order valence-corrected chi connectivity index (χ0v) is 12.5. The highest BCUT2D eigenvalue weighted by Gasteiger charge is 2.62. The third kappa shape index (κ3) is 2.05. The number of carboxylic acids is 1. The van der Waals surface area contributed by atoms with Gasteiger partial charge in [0.1, 0.15) is 0 Å². The van der Waals surface area contributed by atoms with E-state index < -0.39 is 17.8 Å². The Hall–Kier alpha value is -1.81. The van der Waals surface area contributed by atoms with Crippen molar-refractivity contribution in [1.29, 1.82) is 0 Å². The van der Waals surface area contributed by atoms with Crippen LogP contribution < -0.4 is 5.32 Å². The van der Waals surface area contributed by atoms with Crippen molar-refractivity contribution in [1.82, 2.24) is 0 Å². The summed E-state index contributed by atoms with van der Waals surface area (Å²) < 4.78 is 0. The molecular weight excluding hydrogens is 302 g/mol. The summed E-state index contributed by atoms with van der Waals surface area (Å²) in [4.78, 5) is 24.4. The van der Waals surface area contributed by atoms with Gasteiger partial charge in [0.05, 0.1) is 11.8 Å². The molecule has 2 fully saturated rings. The number of fused-ring (bicyclic) bond motifs is 1. The molecule has 0 aliphatic heterocycles. The molecule has 1 aromatic rings. The molecule has 1 amide bonds. The van der Waals surface area contributed by atoms with Gasteiger partial charge in [-0.2, -0.15) is 0 Å². The predicted octanol–water partition coefficient (Wildman–Crippen LogP) is 3.05. The van der Waals surface area contributed by atoms with Gasteiger partial charge in [-0.05, 0) is 54.4 Å². The topological polar surface area (TPSA) is 66.4 Å². The van der Waals surface area contributed by atoms with Crippen molar-refractivity contribution in [3.63, 3.8) is 0 Å². The van der Waals surface area contributed by atoms with Gasteiger partial charge < -0.3 is 10.4 Å². The molecule has 4 nitrogen and oxygen atoms in total. The van der Waals surface area contributed by atoms with E-state index in [1.165, 1.54) is 0 Å². The normalized spacial score (nSPS) is 37.5. The average Bonchev–Trinajstić information content (AvgIpc) is 3.30. The summed E-state index contributed by atoms with van der Waals surface area (Å²) in [7, 11) is 0. The van der Waals surface area contributed by atoms with E-state index in [1.54, 1.807) is 24.3 Å². The maximum absolute atomic E-state index is 12.7. The minimum Gasteiger partial charge on any atom is -0.481 e. The molecule has 4 aliphatic rings. The largest absolute Gasteiger partial charge is 0.481 e. The molecule has 6 atom stereocenters. The maximum atomic E-state index is 12.7. The zero-order chi connectivity index (χ0) is 15.4. The van der Waals surface area contributed by atoms with E-state index in [9.17, 15) is 14.7 Å². The van der Waals surface area contributed by atoms with Gasteiger partial charge in [-0.15, -0.1) is 0 Å². The van der Waals surface area contributed by atoms with Crippen LogP contribution in [-0.2, 0) is 9.59 Å². The molecular formula is C17H16ClNO3. The summed E-state index contributed by atoms with van der Waals surface area (Å²) >= 11 is 5.84. The van der Waals surface area contributed by atoms with Gasteiger partial charge in [0.25, 0.3) is 0 Å². The molecule has 1 aromatic carbocycles. The first kappa shape index (κ1) is 13.8. The quantitative estimate of drug-likeness (QED) is 0.842. The SMILES string of the molecule is O=C(Nc1ccc(Cl)cc1)[C@@H]1[C@H]2C=C[C@H]([C@H]3C[C@H]23)[C@@H]1C(=O)O. The number of carboxylic acid groups (broad SMARTS) is 1. The lowest BCUT2D eigenvalue weighted by atomic mass is 9.62. The number of halogens is 1. The number of allylic oxidation sites excluding steroid dienone is 2. The van der Waals surface area contributed by atoms with Crippen LogP contribution in [0.1, 0.15) is 6.42 Å². The monoisotopic (exact) mass is 317 g/mol. The van der Waals surface area contributed by atoms with Gasteiger partial charge in [0, 0.05) is 10.7 Å². The van der Waals surface area contributed by atoms with Crippen molar-refractivity contribution in [2.24, 2.45) is 35.5 Å². The molecule has 2 bridgehead atoms. The molecule has 4 aliphatic carbocycles. The standard InChI is InChI=1S/C17H16ClNO3/c18-8-1-3-9(4-2-8)19-16(20)14-10-5-6-11(13-7-12(10)13)15(14)17(21)22/h1-6,10-15H,7H2,(H,19,20)(H,21,22)/t10-,11+,12+,13+,14+,15-/m0/s1. The fourth-order valence-electron chi connectivity index (χ4n) is 4.33. The highest BCUT2D eigenvalue weighted by atomic mass is 35.5. The second-order valence-corrected chi connectivity index (χ2v) is 6.93. The summed E-state index contributed by atoms with van der Waals surface area (Å²) in [6, 6.07) is 6.87. The molecule has 0 heterocycles. The molecule has 22 heavy (non-hydrogen) atoms. The van der Waals surface area contributed by atoms with Gasteiger partial charge >= 0.3 is 5.97 Å². The third-order valence-corrected chi connectivity index (χ3v) is 5.60. The fraction of sp³-hybridized carbons (Fsp3) is 0.412. The fourth-order valence-corrected chi connectivity index (χ4v) is 4.45. The summed E-state index contributed by atoms with van der Waals surface area (Å²) in [6.07, 6.45) is 5.13. The summed E-state index contributed by atoms with van der Waals surface area (Å²) in [5.41, 5.74) is 0.649. The Kier molecular flexibility index (Phi) is 3.05. The summed E-state index contributed by atoms with van der Waals surface area (Å²) in [5, 5.41) is 13.0. The number of nitrogens with one attached hydrogen (secondary N) is 1. The number of rotatable bonds is 3. The Morgan fingerprint density at radius 1 is 1.05 bits per heavy atom. The number of hydrogen-bond donors (Lipinski definition) is 2. The van der Waals surface area contributed by atoms with Crippen molar-refractivity contribution in [3.8, 4) is 0 Å². The molecule has 2 N–H and O–H groups in total. The van der Waals surface area contributed by atoms with Crippen LogP contribution in [0, 0.1) is 35.5 Å². The van der Waals surface area contributed by atoms with Crippen LogP contribution in [-0.4, -0.2) is 17.0 Å². The van der Waals surface area contributed by atoms with Crippen LogP contribution in [0.2, 0.25) is 5.02 Å². The highest BCUT2D eigenvalue weighted by Crippen LogP contribution is 2.63. The van der Waals surface area contributed by atoms with Crippen molar-refractivity contribution in [3.05, 3.63) is 41.4 Å². The lowest BCUT2D eigenvalue weighted by molar-refractivity contribution is -0.152. The van der Waals surface area contributed by atoms with Gasteiger partial charge in [-0.25, -0.2) is 0 Å². The van der Waals surface area contributed by atoms with Gasteiger partial charge in [-0.1, -0.05) is 23.8 Å². The van der Waals surface area contributed by atoms with Crippen molar-refractivity contribution < 1.29 is 14.7 Å². The van der Waals surface area contributed by atoms with Crippen molar-refractivity contribution in [2.75, 3.05) is 5.32 Å². The predicted molar refractivity (Wildman–Crippen MR) is 82.4 cm³/mol. The molecule has 0 radical (unpaired) electrons. The van der Waals surface area contributed by atoms with Crippen LogP contribution in [0.25, 0.3) is 0 Å². The van der Waals surface area contributed by atoms with Crippen molar-refractivity contribution in [2.45, 2.75) is 6.42 Å². The van der Waals surface area contributed by atoms with Gasteiger partial charge in [0.2, 0.25) is 5.91 Å². The van der Waals surface area contributed by atoms with E-state index in [-0.39, 0.29) is 17.7 Å². The average molecular weight is 318 g/mol. The van der Waals surface area contributed by atoms with Crippen molar-refractivity contribution >= 4 is 29.2 Å². The van der Waals surface area contributed by atoms with Crippen LogP contribution in [0.3, 0.4) is 0 Å². The first-order valence-corrected chi connectivity index (χ1v) is 7.91. The summed E-state index contributed by atoms with van der Waals surface area (Å²) in [5.74, 6) is -1.11. The van der Waals surface area contributed by atoms with Crippen LogP contribution in [0.4, 0.5) is 5.69 Å². The lowest BCUT2D eigenvalue weighted by Gasteiger charge is -2.41. The number of anilines is 1. The Morgan fingerprint density at radius 3 is 2.23 bits per heavy atom. The molecule has 114 valence electrons. The van der Waals surface area contributed by atoms with Crippen LogP contribution in [0.5, 0.6) is 0 Å². The number of carbonyl (C=O) groups excluding carboxylic acids is 1. The molecule has 0 saturated heterocycles. The molecule has 5 rings (SSSR count). The van der Waals surface area contributed by atoms with E-state index in [4.69, 9.17) is 11.6 Å². The van der Waals surface area contributed by atoms with Gasteiger partial charge in [-0.3, -0.25) is 9.59 Å². The Bertz CT molecular complexity index is 669. The molecule has 0 aromatic heterocycles. The highest BCUT2D eigenvalue weighted by molar-refractivity contribution is 6.30. The smallest absolute Gasteiger partial charge is 0.307 e. The molecule has 0 unspecified atom stereocenters. The minimum absolute atomic E-state index is 0.00784. The Morgan fingerprint density at radius 2 is 1.64 bits per heavy atom. The summed E-state index contributed by atoms with van der Waals surface area (Å²) in [6.45, 7) is 0. The van der Waals surface area contributed by atoms with E-state index in [1.807, 2.05) is 6.08 Å². The molecule has 0 spiro atoms. The van der Waals surface area contributed by atoms with Crippen LogP contribution >= 0.6 is 11.6 Å². The number of benzene rings is 1. The number of amides is 1. The zero-order valence-electron chi connectivity index (χ0n) is 11.8. The van der Waals surface area contributed by atoms with Crippen LogP contribution in [0.15, 0.2) is 36.4 Å². The number of carbonyl (C=O) groups is 2. The minimum atomic E-state index is -0.860. The second-order valence-electron chi connectivity index (χ2n) is 6.49. The lowest BCUT2D eigenvalue weighted by Crippen LogP contribution is -2.48. The first-order chi connectivity index (χ1) is 10.6. The number of hydrogen-bond acceptors (Lipinski definition) is 2. The van der Waals surface area contributed by atoms with E-state index in [2.05, 4.69) is 11.4 Å². The molecule has 2 saturated carbocycles. The Labute approximate surface area is 133 Å².